The summed E-state index contributed by atoms with van der Waals surface area (Å²) in [4.78, 5) is 17.2. The molecule has 0 aliphatic rings. The van der Waals surface area contributed by atoms with Gasteiger partial charge < -0.3 is 19.3 Å². The van der Waals surface area contributed by atoms with Crippen LogP contribution in [0.2, 0.25) is 0 Å². The van der Waals surface area contributed by atoms with E-state index >= 15 is 0 Å². The van der Waals surface area contributed by atoms with Gasteiger partial charge in [-0.15, -0.1) is 0 Å². The molecule has 0 spiro atoms. The minimum absolute atomic E-state index is 0.0884. The fourth-order valence-corrected chi connectivity index (χ4v) is 2.03. The molecule has 116 valence electrons. The summed E-state index contributed by atoms with van der Waals surface area (Å²) < 4.78 is 21.0. The predicted octanol–water partition coefficient (Wildman–Crippen LogP) is 2.95. The van der Waals surface area contributed by atoms with Crippen molar-refractivity contribution in [1.82, 2.24) is 0 Å². The highest BCUT2D eigenvalue weighted by Gasteiger charge is 2.11. The van der Waals surface area contributed by atoms with Crippen LogP contribution in [0, 0.1) is 0 Å². The Morgan fingerprint density at radius 2 is 1.32 bits per heavy atom. The fourth-order valence-electron chi connectivity index (χ4n) is 1.67. The third-order valence-electron chi connectivity index (χ3n) is 2.79. The molecular weight excluding hydrogens is 267 g/mol. The van der Waals surface area contributed by atoms with E-state index in [4.69, 9.17) is 19.3 Å². The highest BCUT2D eigenvalue weighted by atomic mass is 31.2. The molecule has 0 aliphatic heterocycles. The van der Waals surface area contributed by atoms with Crippen molar-refractivity contribution in [3.8, 4) is 0 Å². The summed E-state index contributed by atoms with van der Waals surface area (Å²) in [5.41, 5.74) is 0. The Balaban J connectivity index is 3.01. The quantitative estimate of drug-likeness (QED) is 0.381. The number of unbranched alkanes of at least 4 members (excludes halogenated alkanes) is 6. The van der Waals surface area contributed by atoms with Crippen LogP contribution >= 0.6 is 7.60 Å². The van der Waals surface area contributed by atoms with Crippen molar-refractivity contribution in [3.05, 3.63) is 0 Å². The summed E-state index contributed by atoms with van der Waals surface area (Å²) in [6, 6.07) is 0. The van der Waals surface area contributed by atoms with Crippen LogP contribution in [0.15, 0.2) is 0 Å². The Morgan fingerprint density at radius 1 is 0.789 bits per heavy atom. The maximum Gasteiger partial charge on any atom is 0.327 e. The van der Waals surface area contributed by atoms with Gasteiger partial charge in [0.15, 0.2) is 0 Å². The van der Waals surface area contributed by atoms with Gasteiger partial charge in [0, 0.05) is 6.61 Å². The molecule has 5 nitrogen and oxygen atoms in total. The number of hydrogen-bond donors (Lipinski definition) is 2. The summed E-state index contributed by atoms with van der Waals surface area (Å²) in [6.45, 7) is 3.95. The standard InChI is InChI=1S/C13H29O5P/c1-2-3-4-5-6-7-8-9-17-10-11-18-12-13-19(14,15)16/h2-13H2,1H3,(H2,14,15,16). The maximum atomic E-state index is 10.5. The molecular formula is C13H29O5P. The summed E-state index contributed by atoms with van der Waals surface area (Å²) in [6.07, 6.45) is 8.63. The average molecular weight is 296 g/mol. The van der Waals surface area contributed by atoms with Gasteiger partial charge in [0.2, 0.25) is 0 Å². The molecule has 2 N–H and O–H groups in total. The molecule has 0 aromatic carbocycles. The first-order valence-electron chi connectivity index (χ1n) is 7.26. The SMILES string of the molecule is CCCCCCCCCOCCOCCP(=O)(O)O. The third-order valence-corrected chi connectivity index (χ3v) is 3.56. The second-order valence-corrected chi connectivity index (χ2v) is 6.51. The third kappa shape index (κ3) is 18.1. The van der Waals surface area contributed by atoms with Crippen molar-refractivity contribution in [2.24, 2.45) is 0 Å². The molecule has 0 saturated heterocycles. The van der Waals surface area contributed by atoms with E-state index in [1.807, 2.05) is 0 Å². The first-order chi connectivity index (χ1) is 9.06. The summed E-state index contributed by atoms with van der Waals surface area (Å²) in [5.74, 6) is 0. The van der Waals surface area contributed by atoms with Crippen LogP contribution in [0.1, 0.15) is 51.9 Å². The molecule has 0 fully saturated rings. The molecule has 0 rings (SSSR count). The zero-order valence-corrected chi connectivity index (χ0v) is 12.9. The summed E-state index contributed by atoms with van der Waals surface area (Å²) in [5, 5.41) is 0. The molecule has 19 heavy (non-hydrogen) atoms. The summed E-state index contributed by atoms with van der Waals surface area (Å²) in [7, 11) is -3.91. The van der Waals surface area contributed by atoms with E-state index in [2.05, 4.69) is 6.92 Å². The number of rotatable bonds is 14. The normalized spacial score (nSPS) is 11.9. The van der Waals surface area contributed by atoms with Crippen molar-refractivity contribution in [1.29, 1.82) is 0 Å². The first-order valence-corrected chi connectivity index (χ1v) is 9.06. The zero-order chi connectivity index (χ0) is 14.4. The van der Waals surface area contributed by atoms with Gasteiger partial charge in [-0.2, -0.15) is 0 Å². The molecule has 0 heterocycles. The van der Waals surface area contributed by atoms with Gasteiger partial charge >= 0.3 is 7.60 Å². The highest BCUT2D eigenvalue weighted by molar-refractivity contribution is 7.51. The van der Waals surface area contributed by atoms with E-state index < -0.39 is 7.60 Å². The van der Waals surface area contributed by atoms with Crippen LogP contribution in [0.25, 0.3) is 0 Å². The van der Waals surface area contributed by atoms with Crippen molar-refractivity contribution in [2.75, 3.05) is 32.6 Å². The lowest BCUT2D eigenvalue weighted by Gasteiger charge is -2.06. The van der Waals surface area contributed by atoms with Gasteiger partial charge in [-0.1, -0.05) is 45.4 Å². The fraction of sp³-hybridized carbons (Fsp3) is 1.00. The van der Waals surface area contributed by atoms with Crippen molar-refractivity contribution >= 4 is 7.60 Å². The Bertz CT molecular complexity index is 229. The zero-order valence-electron chi connectivity index (χ0n) is 12.1. The minimum Gasteiger partial charge on any atom is -0.379 e. The molecule has 0 atom stereocenters. The van der Waals surface area contributed by atoms with Gasteiger partial charge in [0.05, 0.1) is 26.0 Å². The van der Waals surface area contributed by atoms with E-state index in [0.29, 0.717) is 13.2 Å². The van der Waals surface area contributed by atoms with Crippen LogP contribution in [0.3, 0.4) is 0 Å². The molecule has 0 aliphatic carbocycles. The molecule has 0 bridgehead atoms. The van der Waals surface area contributed by atoms with Crippen LogP contribution < -0.4 is 0 Å². The van der Waals surface area contributed by atoms with E-state index in [0.717, 1.165) is 13.0 Å². The van der Waals surface area contributed by atoms with E-state index in [1.165, 1.54) is 38.5 Å². The highest BCUT2D eigenvalue weighted by Crippen LogP contribution is 2.33. The number of ether oxygens (including phenoxy) is 2. The van der Waals surface area contributed by atoms with Crippen LogP contribution in [0.4, 0.5) is 0 Å². The largest absolute Gasteiger partial charge is 0.379 e. The van der Waals surface area contributed by atoms with Crippen LogP contribution in [-0.2, 0) is 14.0 Å². The lowest BCUT2D eigenvalue weighted by Crippen LogP contribution is -2.08. The van der Waals surface area contributed by atoms with Crippen LogP contribution in [0.5, 0.6) is 0 Å². The Morgan fingerprint density at radius 3 is 1.89 bits per heavy atom. The molecule has 0 amide bonds. The van der Waals surface area contributed by atoms with Gasteiger partial charge in [-0.3, -0.25) is 4.57 Å². The van der Waals surface area contributed by atoms with E-state index in [1.54, 1.807) is 0 Å². The second kappa shape index (κ2) is 13.1. The maximum absolute atomic E-state index is 10.5. The van der Waals surface area contributed by atoms with Gasteiger partial charge in [0.1, 0.15) is 0 Å². The smallest absolute Gasteiger partial charge is 0.327 e. The Kier molecular flexibility index (Phi) is 13.1. The topological polar surface area (TPSA) is 76.0 Å². The molecule has 6 heteroatoms. The monoisotopic (exact) mass is 296 g/mol. The first kappa shape index (κ1) is 19.1. The van der Waals surface area contributed by atoms with Gasteiger partial charge in [-0.25, -0.2) is 0 Å². The minimum atomic E-state index is -3.91. The lowest BCUT2D eigenvalue weighted by atomic mass is 10.1. The second-order valence-electron chi connectivity index (χ2n) is 4.73. The molecule has 0 aromatic rings. The van der Waals surface area contributed by atoms with Crippen molar-refractivity contribution < 1.29 is 23.8 Å². The average Bonchev–Trinajstić information content (AvgIpc) is 2.34. The van der Waals surface area contributed by atoms with E-state index in [9.17, 15) is 4.57 Å². The molecule has 0 aromatic heterocycles. The number of hydrogen-bond acceptors (Lipinski definition) is 3. The lowest BCUT2D eigenvalue weighted by molar-refractivity contribution is 0.0509. The predicted molar refractivity (Wildman–Crippen MR) is 76.5 cm³/mol. The molecule has 0 unspecified atom stereocenters. The Hall–Kier alpha value is 0.0700. The van der Waals surface area contributed by atoms with Crippen molar-refractivity contribution in [2.45, 2.75) is 51.9 Å². The summed E-state index contributed by atoms with van der Waals surface area (Å²) >= 11 is 0. The van der Waals surface area contributed by atoms with Gasteiger partial charge in [0.25, 0.3) is 0 Å². The Labute approximate surface area is 116 Å². The van der Waals surface area contributed by atoms with Crippen molar-refractivity contribution in [3.63, 3.8) is 0 Å². The van der Waals surface area contributed by atoms with E-state index in [-0.39, 0.29) is 12.8 Å². The molecule has 0 saturated carbocycles. The van der Waals surface area contributed by atoms with Crippen LogP contribution in [-0.4, -0.2) is 42.4 Å². The van der Waals surface area contributed by atoms with Gasteiger partial charge in [-0.05, 0) is 6.42 Å². The molecule has 0 radical (unpaired) electrons.